The van der Waals surface area contributed by atoms with Crippen molar-refractivity contribution in [1.29, 1.82) is 0 Å². The van der Waals surface area contributed by atoms with Crippen molar-refractivity contribution in [2.75, 3.05) is 31.1 Å². The highest BCUT2D eigenvalue weighted by molar-refractivity contribution is 5.93. The summed E-state index contributed by atoms with van der Waals surface area (Å²) in [5.41, 5.74) is 2.37. The van der Waals surface area contributed by atoms with Crippen LogP contribution in [0.5, 0.6) is 0 Å². The fourth-order valence-corrected chi connectivity index (χ4v) is 4.22. The monoisotopic (exact) mass is 469 g/mol. The topological polar surface area (TPSA) is 66.9 Å². The van der Waals surface area contributed by atoms with Crippen LogP contribution in [0.1, 0.15) is 27.3 Å². The first-order valence-corrected chi connectivity index (χ1v) is 10.8. The molecular formula is C24H22F3N5O2. The molecule has 0 radical (unpaired) electrons. The molecule has 0 atom stereocenters. The maximum Gasteiger partial charge on any atom is 0.433 e. The molecule has 10 heteroatoms. The number of hydrogen-bond acceptors (Lipinski definition) is 5. The number of hydrogen-bond donors (Lipinski definition) is 0. The second-order valence-corrected chi connectivity index (χ2v) is 8.30. The lowest BCUT2D eigenvalue weighted by Gasteiger charge is -2.36. The quantitative estimate of drug-likeness (QED) is 0.439. The van der Waals surface area contributed by atoms with Crippen molar-refractivity contribution in [3.63, 3.8) is 0 Å². The number of nitrogens with zero attached hydrogens (tertiary/aromatic N) is 5. The highest BCUT2D eigenvalue weighted by Crippen LogP contribution is 2.32. The van der Waals surface area contributed by atoms with Crippen LogP contribution in [0.4, 0.5) is 18.9 Å². The van der Waals surface area contributed by atoms with Crippen LogP contribution in [0.25, 0.3) is 17.1 Å². The number of amides is 1. The van der Waals surface area contributed by atoms with Crippen LogP contribution in [0.15, 0.2) is 53.1 Å². The van der Waals surface area contributed by atoms with Crippen molar-refractivity contribution in [2.45, 2.75) is 20.0 Å². The molecule has 1 aliphatic heterocycles. The van der Waals surface area contributed by atoms with Gasteiger partial charge in [-0.2, -0.15) is 18.3 Å². The van der Waals surface area contributed by atoms with Gasteiger partial charge in [-0.05, 0) is 49.2 Å². The maximum atomic E-state index is 13.7. The van der Waals surface area contributed by atoms with E-state index in [4.69, 9.17) is 4.42 Å². The number of halogens is 3. The van der Waals surface area contributed by atoms with E-state index in [0.29, 0.717) is 30.7 Å². The zero-order valence-corrected chi connectivity index (χ0v) is 18.6. The van der Waals surface area contributed by atoms with E-state index in [1.165, 1.54) is 29.5 Å². The Labute approximate surface area is 193 Å². The van der Waals surface area contributed by atoms with Crippen LogP contribution in [-0.2, 0) is 6.18 Å². The van der Waals surface area contributed by atoms with Gasteiger partial charge in [0.25, 0.3) is 5.91 Å². The van der Waals surface area contributed by atoms with E-state index < -0.39 is 17.8 Å². The molecule has 0 unspecified atom stereocenters. The Balaban J connectivity index is 1.41. The second-order valence-electron chi connectivity index (χ2n) is 8.30. The summed E-state index contributed by atoms with van der Waals surface area (Å²) in [6.07, 6.45) is -3.33. The highest BCUT2D eigenvalue weighted by atomic mass is 19.4. The van der Waals surface area contributed by atoms with Crippen LogP contribution >= 0.6 is 0 Å². The van der Waals surface area contributed by atoms with Crippen LogP contribution in [0.2, 0.25) is 0 Å². The first-order chi connectivity index (χ1) is 16.2. The van der Waals surface area contributed by atoms with E-state index in [0.717, 1.165) is 11.8 Å². The Bertz CT molecular complexity index is 1350. The number of piperazine rings is 1. The number of aryl methyl sites for hydroxylation is 1. The fourth-order valence-electron chi connectivity index (χ4n) is 4.22. The number of fused-ring (bicyclic) bond motifs is 1. The summed E-state index contributed by atoms with van der Waals surface area (Å²) >= 11 is 0. The van der Waals surface area contributed by atoms with Crippen molar-refractivity contribution in [1.82, 2.24) is 19.5 Å². The minimum atomic E-state index is -4.69. The smallest absolute Gasteiger partial charge is 0.433 e. The van der Waals surface area contributed by atoms with Gasteiger partial charge in [-0.25, -0.2) is 9.50 Å². The van der Waals surface area contributed by atoms with Crippen molar-refractivity contribution < 1.29 is 22.4 Å². The molecule has 3 aromatic heterocycles. The lowest BCUT2D eigenvalue weighted by atomic mass is 10.1. The summed E-state index contributed by atoms with van der Waals surface area (Å²) in [6.45, 7) is 6.26. The third kappa shape index (κ3) is 3.89. The summed E-state index contributed by atoms with van der Waals surface area (Å²) in [6, 6.07) is 11.4. The lowest BCUT2D eigenvalue weighted by molar-refractivity contribution is -0.142. The molecule has 5 rings (SSSR count). The van der Waals surface area contributed by atoms with Crippen molar-refractivity contribution >= 4 is 17.2 Å². The van der Waals surface area contributed by atoms with E-state index in [2.05, 4.69) is 41.0 Å². The maximum absolute atomic E-state index is 13.7. The van der Waals surface area contributed by atoms with Crippen molar-refractivity contribution in [2.24, 2.45) is 0 Å². The number of anilines is 1. The van der Waals surface area contributed by atoms with E-state index in [1.54, 1.807) is 11.0 Å². The Morgan fingerprint density at radius 1 is 1.03 bits per heavy atom. The summed E-state index contributed by atoms with van der Waals surface area (Å²) < 4.78 is 47.1. The summed E-state index contributed by atoms with van der Waals surface area (Å²) in [5, 5.41) is 3.98. The molecule has 4 heterocycles. The van der Waals surface area contributed by atoms with Gasteiger partial charge in [-0.3, -0.25) is 4.79 Å². The molecular weight excluding hydrogens is 447 g/mol. The van der Waals surface area contributed by atoms with Crippen molar-refractivity contribution in [3.8, 4) is 11.5 Å². The molecule has 176 valence electrons. The number of rotatable bonds is 3. The molecule has 1 fully saturated rings. The standard InChI is InChI=1S/C24H22F3N5O2/c1-15-5-3-6-19(16(15)2)30-8-10-31(11-9-30)23(33)18-14-22-28-17(20-7-4-12-34-20)13-21(24(25,26)27)32(22)29-18/h3-7,12-14H,8-11H2,1-2H3. The Morgan fingerprint density at radius 3 is 2.47 bits per heavy atom. The number of carbonyl (C=O) groups is 1. The molecule has 1 saturated heterocycles. The first kappa shape index (κ1) is 22.0. The van der Waals surface area contributed by atoms with Crippen LogP contribution in [0, 0.1) is 13.8 Å². The molecule has 1 amide bonds. The Hall–Kier alpha value is -3.82. The highest BCUT2D eigenvalue weighted by Gasteiger charge is 2.36. The zero-order valence-electron chi connectivity index (χ0n) is 18.6. The largest absolute Gasteiger partial charge is 0.463 e. The summed E-state index contributed by atoms with van der Waals surface area (Å²) in [5.74, 6) is -0.219. The predicted octanol–water partition coefficient (Wildman–Crippen LogP) is 4.59. The molecule has 0 N–H and O–H groups in total. The van der Waals surface area contributed by atoms with Gasteiger partial charge < -0.3 is 14.2 Å². The third-order valence-electron chi connectivity index (χ3n) is 6.19. The average Bonchev–Trinajstić information content (AvgIpc) is 3.49. The van der Waals surface area contributed by atoms with E-state index in [1.807, 2.05) is 6.07 Å². The molecule has 34 heavy (non-hydrogen) atoms. The number of alkyl halides is 3. The number of furan rings is 1. The van der Waals surface area contributed by atoms with Crippen LogP contribution in [-0.4, -0.2) is 51.6 Å². The normalized spacial score (nSPS) is 14.7. The van der Waals surface area contributed by atoms with Gasteiger partial charge in [0.15, 0.2) is 22.8 Å². The van der Waals surface area contributed by atoms with Crippen LogP contribution in [0.3, 0.4) is 0 Å². The SMILES string of the molecule is Cc1cccc(N2CCN(C(=O)c3cc4nc(-c5ccco5)cc(C(F)(F)F)n4n3)CC2)c1C. The molecule has 0 spiro atoms. The van der Waals surface area contributed by atoms with E-state index in [9.17, 15) is 18.0 Å². The molecule has 1 aliphatic rings. The minimum Gasteiger partial charge on any atom is -0.463 e. The molecule has 1 aromatic carbocycles. The fraction of sp³-hybridized carbons (Fsp3) is 0.292. The number of carbonyl (C=O) groups excluding carboxylic acids is 1. The van der Waals surface area contributed by atoms with Gasteiger partial charge in [0.2, 0.25) is 0 Å². The van der Waals surface area contributed by atoms with Crippen molar-refractivity contribution in [3.05, 3.63) is 71.2 Å². The van der Waals surface area contributed by atoms with E-state index in [-0.39, 0.29) is 22.8 Å². The van der Waals surface area contributed by atoms with Gasteiger partial charge in [0, 0.05) is 37.9 Å². The molecule has 0 bridgehead atoms. The summed E-state index contributed by atoms with van der Waals surface area (Å²) in [4.78, 5) is 21.2. The minimum absolute atomic E-state index is 0.0193. The van der Waals surface area contributed by atoms with E-state index >= 15 is 0 Å². The van der Waals surface area contributed by atoms with Gasteiger partial charge in [0.1, 0.15) is 5.69 Å². The number of aromatic nitrogens is 3. The second kappa shape index (κ2) is 8.19. The lowest BCUT2D eigenvalue weighted by Crippen LogP contribution is -2.49. The first-order valence-electron chi connectivity index (χ1n) is 10.8. The molecule has 0 saturated carbocycles. The van der Waals surface area contributed by atoms with Gasteiger partial charge >= 0.3 is 6.18 Å². The molecule has 4 aromatic rings. The summed E-state index contributed by atoms with van der Waals surface area (Å²) in [7, 11) is 0. The molecule has 7 nitrogen and oxygen atoms in total. The number of benzene rings is 1. The van der Waals surface area contributed by atoms with Gasteiger partial charge in [-0.1, -0.05) is 12.1 Å². The Morgan fingerprint density at radius 2 is 1.79 bits per heavy atom. The average molecular weight is 469 g/mol. The third-order valence-corrected chi connectivity index (χ3v) is 6.19. The molecule has 0 aliphatic carbocycles. The predicted molar refractivity (Wildman–Crippen MR) is 120 cm³/mol. The zero-order chi connectivity index (χ0) is 24.0. The Kier molecular flexibility index (Phi) is 5.30. The van der Waals surface area contributed by atoms with Crippen LogP contribution < -0.4 is 4.90 Å². The van der Waals surface area contributed by atoms with Gasteiger partial charge in [0.05, 0.1) is 6.26 Å². The van der Waals surface area contributed by atoms with Gasteiger partial charge in [-0.15, -0.1) is 0 Å².